The third-order valence-corrected chi connectivity index (χ3v) is 3.58. The lowest BCUT2D eigenvalue weighted by Crippen LogP contribution is -2.21. The smallest absolute Gasteiger partial charge is 0.271 e. The fourth-order valence-electron chi connectivity index (χ4n) is 2.00. The molecule has 0 unspecified atom stereocenters. The van der Waals surface area contributed by atoms with E-state index in [4.69, 9.17) is 11.6 Å². The third-order valence-electron chi connectivity index (χ3n) is 3.28. The largest absolute Gasteiger partial charge is 0.372 e. The van der Waals surface area contributed by atoms with E-state index < -0.39 is 4.92 Å². The molecular weight excluding hydrogens is 316 g/mol. The van der Waals surface area contributed by atoms with Crippen molar-refractivity contribution >= 4 is 34.4 Å². The van der Waals surface area contributed by atoms with Crippen molar-refractivity contribution in [1.29, 1.82) is 0 Å². The number of benzene rings is 2. The van der Waals surface area contributed by atoms with Crippen molar-refractivity contribution in [2.45, 2.75) is 6.92 Å². The van der Waals surface area contributed by atoms with Gasteiger partial charge in [-0.3, -0.25) is 10.1 Å². The quantitative estimate of drug-likeness (QED) is 0.408. The van der Waals surface area contributed by atoms with Crippen LogP contribution >= 0.6 is 11.6 Å². The van der Waals surface area contributed by atoms with Crippen LogP contribution in [0.15, 0.2) is 52.7 Å². The molecule has 1 radical (unpaired) electrons. The van der Waals surface area contributed by atoms with Gasteiger partial charge < -0.3 is 4.90 Å². The first kappa shape index (κ1) is 16.9. The van der Waals surface area contributed by atoms with Gasteiger partial charge in [0.1, 0.15) is 5.69 Å². The monoisotopic (exact) mass is 331 g/mol. The predicted molar refractivity (Wildman–Crippen MR) is 92.0 cm³/mol. The maximum atomic E-state index is 10.7. The van der Waals surface area contributed by atoms with E-state index in [1.807, 2.05) is 24.3 Å². The molecule has 0 heterocycles. The van der Waals surface area contributed by atoms with Crippen molar-refractivity contribution in [2.75, 3.05) is 18.0 Å². The Morgan fingerprint density at radius 1 is 1.22 bits per heavy atom. The minimum Gasteiger partial charge on any atom is -0.372 e. The first-order valence-corrected chi connectivity index (χ1v) is 7.43. The average Bonchev–Trinajstić information content (AvgIpc) is 2.56. The maximum absolute atomic E-state index is 10.7. The van der Waals surface area contributed by atoms with Gasteiger partial charge in [-0.15, -0.1) is 5.11 Å². The molecule has 0 saturated heterocycles. The molecule has 0 fully saturated rings. The Kier molecular flexibility index (Phi) is 5.65. The van der Waals surface area contributed by atoms with Crippen LogP contribution in [-0.4, -0.2) is 18.0 Å². The van der Waals surface area contributed by atoms with Crippen molar-refractivity contribution < 1.29 is 4.92 Å². The predicted octanol–water partition coefficient (Wildman–Crippen LogP) is 5.32. The van der Waals surface area contributed by atoms with Gasteiger partial charge in [-0.25, -0.2) is 0 Å². The molecule has 0 aromatic heterocycles. The van der Waals surface area contributed by atoms with Gasteiger partial charge in [0.05, 0.1) is 15.6 Å². The van der Waals surface area contributed by atoms with Gasteiger partial charge in [-0.1, -0.05) is 11.6 Å². The van der Waals surface area contributed by atoms with Crippen LogP contribution in [0.5, 0.6) is 0 Å². The zero-order valence-corrected chi connectivity index (χ0v) is 13.4. The normalized spacial score (nSPS) is 10.9. The van der Waals surface area contributed by atoms with Crippen molar-refractivity contribution in [3.8, 4) is 0 Å². The number of nitro groups is 1. The molecule has 6 nitrogen and oxygen atoms in total. The molecule has 0 spiro atoms. The molecule has 7 heteroatoms. The Balaban J connectivity index is 2.15. The van der Waals surface area contributed by atoms with Crippen LogP contribution < -0.4 is 4.90 Å². The van der Waals surface area contributed by atoms with E-state index in [0.717, 1.165) is 12.2 Å². The van der Waals surface area contributed by atoms with Gasteiger partial charge in [0, 0.05) is 30.9 Å². The minimum atomic E-state index is -0.506. The van der Waals surface area contributed by atoms with E-state index in [1.54, 1.807) is 0 Å². The van der Waals surface area contributed by atoms with Gasteiger partial charge in [0.15, 0.2) is 0 Å². The molecule has 2 rings (SSSR count). The second kappa shape index (κ2) is 7.69. The lowest BCUT2D eigenvalue weighted by atomic mass is 10.2. The number of anilines is 1. The Bertz CT molecular complexity index is 713. The van der Waals surface area contributed by atoms with Crippen LogP contribution in [0, 0.1) is 17.0 Å². The second-order valence-corrected chi connectivity index (χ2v) is 5.10. The molecule has 0 bridgehead atoms. The Labute approximate surface area is 139 Å². The Morgan fingerprint density at radius 2 is 1.91 bits per heavy atom. The first-order chi connectivity index (χ1) is 11.0. The van der Waals surface area contributed by atoms with Crippen LogP contribution in [0.2, 0.25) is 5.02 Å². The highest BCUT2D eigenvalue weighted by Gasteiger charge is 2.09. The van der Waals surface area contributed by atoms with E-state index in [2.05, 4.69) is 29.0 Å². The molecule has 0 N–H and O–H groups in total. The van der Waals surface area contributed by atoms with Crippen LogP contribution in [0.1, 0.15) is 6.92 Å². The van der Waals surface area contributed by atoms with Crippen molar-refractivity contribution in [1.82, 2.24) is 0 Å². The summed E-state index contributed by atoms with van der Waals surface area (Å²) in [5, 5.41) is 19.0. The van der Waals surface area contributed by atoms with E-state index >= 15 is 0 Å². The third kappa shape index (κ3) is 4.26. The van der Waals surface area contributed by atoms with Gasteiger partial charge in [-0.05, 0) is 44.2 Å². The number of hydrogen-bond donors (Lipinski definition) is 0. The lowest BCUT2D eigenvalue weighted by molar-refractivity contribution is -0.384. The molecule has 0 aliphatic rings. The molecule has 2 aromatic rings. The van der Waals surface area contributed by atoms with Gasteiger partial charge in [-0.2, -0.15) is 5.11 Å². The fraction of sp³-hybridized carbons (Fsp3) is 0.188. The van der Waals surface area contributed by atoms with Gasteiger partial charge in [0.2, 0.25) is 0 Å². The van der Waals surface area contributed by atoms with Gasteiger partial charge in [0.25, 0.3) is 5.69 Å². The number of halogens is 1. The number of hydrogen-bond acceptors (Lipinski definition) is 5. The zero-order valence-electron chi connectivity index (χ0n) is 12.6. The summed E-state index contributed by atoms with van der Waals surface area (Å²) in [6, 6.07) is 11.6. The molecule has 0 aliphatic carbocycles. The van der Waals surface area contributed by atoms with Crippen molar-refractivity contribution in [2.24, 2.45) is 10.2 Å². The maximum Gasteiger partial charge on any atom is 0.271 e. The van der Waals surface area contributed by atoms with Crippen LogP contribution in [0.4, 0.5) is 22.7 Å². The number of nitrogens with zero attached hydrogens (tertiary/aromatic N) is 4. The summed E-state index contributed by atoms with van der Waals surface area (Å²) < 4.78 is 0. The Morgan fingerprint density at radius 3 is 2.43 bits per heavy atom. The molecule has 2 aromatic carbocycles. The SMILES string of the molecule is [CH2]CN(CC)c1ccc(/N=N/c2ccc([N+](=O)[O-])cc2Cl)cc1. The van der Waals surface area contributed by atoms with Crippen molar-refractivity contribution in [3.63, 3.8) is 0 Å². The van der Waals surface area contributed by atoms with E-state index in [9.17, 15) is 10.1 Å². The Hall–Kier alpha value is -2.47. The van der Waals surface area contributed by atoms with E-state index in [-0.39, 0.29) is 10.7 Å². The van der Waals surface area contributed by atoms with Crippen LogP contribution in [0.3, 0.4) is 0 Å². The molecule has 0 aliphatic heterocycles. The molecule has 0 saturated carbocycles. The molecule has 119 valence electrons. The topological polar surface area (TPSA) is 71.1 Å². The molecule has 0 atom stereocenters. The summed E-state index contributed by atoms with van der Waals surface area (Å²) in [7, 11) is 0. The number of non-ortho nitro benzene ring substituents is 1. The number of rotatable bonds is 6. The summed E-state index contributed by atoms with van der Waals surface area (Å²) in [6.07, 6.45) is 0. The molecular formula is C16H16ClN4O2. The van der Waals surface area contributed by atoms with Crippen LogP contribution in [-0.2, 0) is 0 Å². The van der Waals surface area contributed by atoms with E-state index in [1.165, 1.54) is 18.2 Å². The highest BCUT2D eigenvalue weighted by atomic mass is 35.5. The summed E-state index contributed by atoms with van der Waals surface area (Å²) in [6.45, 7) is 7.52. The number of nitro benzene ring substituents is 1. The molecule has 23 heavy (non-hydrogen) atoms. The zero-order chi connectivity index (χ0) is 16.8. The summed E-state index contributed by atoms with van der Waals surface area (Å²) in [4.78, 5) is 12.3. The summed E-state index contributed by atoms with van der Waals surface area (Å²) in [5.74, 6) is 0. The summed E-state index contributed by atoms with van der Waals surface area (Å²) >= 11 is 5.97. The highest BCUT2D eigenvalue weighted by molar-refractivity contribution is 6.33. The average molecular weight is 332 g/mol. The van der Waals surface area contributed by atoms with Gasteiger partial charge >= 0.3 is 0 Å². The van der Waals surface area contributed by atoms with Crippen molar-refractivity contribution in [3.05, 3.63) is 64.5 Å². The molecule has 0 amide bonds. The first-order valence-electron chi connectivity index (χ1n) is 7.05. The van der Waals surface area contributed by atoms with Crippen LogP contribution in [0.25, 0.3) is 0 Å². The fourth-order valence-corrected chi connectivity index (χ4v) is 2.21. The standard InChI is InChI=1S/C16H16ClN4O2/c1-3-20(4-2)13-7-5-12(6-8-13)18-19-16-10-9-14(21(22)23)11-15(16)17/h5-11H,1,3-4H2,2H3/b19-18+. The van der Waals surface area contributed by atoms with E-state index in [0.29, 0.717) is 17.9 Å². The minimum absolute atomic E-state index is 0.0777. The summed E-state index contributed by atoms with van der Waals surface area (Å²) in [5.41, 5.74) is 2.04. The second-order valence-electron chi connectivity index (χ2n) is 4.69. The number of azo groups is 1. The lowest BCUT2D eigenvalue weighted by Gasteiger charge is -2.20. The highest BCUT2D eigenvalue weighted by Crippen LogP contribution is 2.30.